The molecule has 0 aliphatic carbocycles. The maximum atomic E-state index is 13.4. The first-order valence-corrected chi connectivity index (χ1v) is 42.4. The molecule has 0 aromatic rings. The molecule has 0 radical (unpaired) electrons. The Labute approximate surface area is 748 Å². The maximum Gasteiger partial charge on any atom is 0.217 e. The van der Waals surface area contributed by atoms with Crippen molar-refractivity contribution < 1.29 is 267 Å². The van der Waals surface area contributed by atoms with Gasteiger partial charge in [0.2, 0.25) is 23.6 Å². The second-order valence-electron chi connectivity index (χ2n) is 33.7. The van der Waals surface area contributed by atoms with Crippen LogP contribution in [0.15, 0.2) is 0 Å². The van der Waals surface area contributed by atoms with E-state index in [0.717, 1.165) is 27.7 Å². The summed E-state index contributed by atoms with van der Waals surface area (Å²) in [5.41, 5.74) is 0. The first-order valence-electron chi connectivity index (χ1n) is 42.4. The van der Waals surface area contributed by atoms with E-state index >= 15 is 0 Å². The lowest BCUT2D eigenvalue weighted by Gasteiger charge is -2.51. The molecule has 0 aromatic carbocycles. The Balaban J connectivity index is 0.942. The van der Waals surface area contributed by atoms with Gasteiger partial charge in [0.25, 0.3) is 0 Å². The Kier molecular flexibility index (Phi) is 38.5. The van der Waals surface area contributed by atoms with Crippen molar-refractivity contribution in [1.29, 1.82) is 0 Å². The predicted molar refractivity (Wildman–Crippen MR) is 406 cm³/mol. The summed E-state index contributed by atoms with van der Waals surface area (Å²) in [6.45, 7) is -4.39. The molecule has 58 heteroatoms. The monoisotopic (exact) mass is 1930 g/mol. The van der Waals surface area contributed by atoms with Crippen molar-refractivity contribution in [2.75, 3.05) is 59.5 Å². The smallest absolute Gasteiger partial charge is 0.217 e. The largest absolute Gasteiger partial charge is 0.394 e. The zero-order valence-corrected chi connectivity index (χ0v) is 71.3. The van der Waals surface area contributed by atoms with Gasteiger partial charge in [0.15, 0.2) is 69.2 Å². The highest BCUT2D eigenvalue weighted by atomic mass is 16.8. The fraction of sp³-hybridized carbons (Fsp3) is 0.946. The highest BCUT2D eigenvalue weighted by Crippen LogP contribution is 2.42. The number of hydrogen-bond donors (Lipinski definition) is 33. The lowest BCUT2D eigenvalue weighted by atomic mass is 9.93. The zero-order chi connectivity index (χ0) is 97.1. The van der Waals surface area contributed by atoms with Crippen LogP contribution in [0.2, 0.25) is 0 Å². The normalized spacial score (nSPS) is 50.4. The first kappa shape index (κ1) is 108. The molecule has 58 nitrogen and oxygen atoms in total. The van der Waals surface area contributed by atoms with E-state index in [1.54, 1.807) is 0 Å². The SMILES string of the molecule is CC(=O)NC1C(O)OC(CO)C(OC2OC(CO)C(OC3OC(COC4OC(CO)C(O)C(O)C4OC4OC(CO)C(O)C(OC5OC(CO)C(O)C(O)C5OC5OC(C)C(O)C(O)C5O)C4NC(C)=O)C(O)C(OC4OC(CO)C(O)C(O)C4OC4OC(CO)C(O)C(OC5OC(CO)C(O)C(O)C5OC5OC(C)C(O)C(O)C5O)C4NC(C)=O)C3O)C(O)C2NC(C)=O)C1O. The van der Waals surface area contributed by atoms with Gasteiger partial charge in [-0.2, -0.15) is 0 Å². The van der Waals surface area contributed by atoms with Crippen LogP contribution in [0.4, 0.5) is 0 Å². The van der Waals surface area contributed by atoms with Gasteiger partial charge in [-0.05, 0) is 13.8 Å². The van der Waals surface area contributed by atoms with Crippen LogP contribution in [0.3, 0.4) is 0 Å². The molecular weight excluding hydrogens is 1810 g/mol. The van der Waals surface area contributed by atoms with E-state index in [9.17, 15) is 167 Å². The van der Waals surface area contributed by atoms with Gasteiger partial charge in [-0.1, -0.05) is 0 Å². The summed E-state index contributed by atoms with van der Waals surface area (Å²) in [5.74, 6) is -3.85. The van der Waals surface area contributed by atoms with Crippen molar-refractivity contribution in [2.24, 2.45) is 0 Å². The van der Waals surface area contributed by atoms with E-state index in [4.69, 9.17) is 99.5 Å². The number of aliphatic hydroxyl groups is 29. The summed E-state index contributed by atoms with van der Waals surface area (Å²) in [4.78, 5) is 52.2. The second kappa shape index (κ2) is 47.0. The molecule has 11 heterocycles. The van der Waals surface area contributed by atoms with E-state index in [-0.39, 0.29) is 0 Å². The Morgan fingerprint density at radius 3 is 0.833 bits per heavy atom. The lowest BCUT2D eigenvalue weighted by Crippen LogP contribution is -2.71. The van der Waals surface area contributed by atoms with Gasteiger partial charge in [0.1, 0.15) is 256 Å². The van der Waals surface area contributed by atoms with E-state index < -0.39 is 421 Å². The van der Waals surface area contributed by atoms with Crippen molar-refractivity contribution in [3.63, 3.8) is 0 Å². The van der Waals surface area contributed by atoms with Crippen molar-refractivity contribution in [3.05, 3.63) is 0 Å². The summed E-state index contributed by atoms with van der Waals surface area (Å²) in [6, 6.07) is -7.79. The van der Waals surface area contributed by atoms with Gasteiger partial charge < -0.3 is 269 Å². The summed E-state index contributed by atoms with van der Waals surface area (Å²) < 4.78 is 126. The van der Waals surface area contributed by atoms with Crippen LogP contribution in [-0.4, -0.2) is 569 Å². The van der Waals surface area contributed by atoms with Crippen LogP contribution >= 0.6 is 0 Å². The van der Waals surface area contributed by atoms with Gasteiger partial charge in [-0.3, -0.25) is 19.2 Å². The number of rotatable bonds is 33. The predicted octanol–water partition coefficient (Wildman–Crippen LogP) is -22.3. The first-order chi connectivity index (χ1) is 62.4. The van der Waals surface area contributed by atoms with E-state index in [2.05, 4.69) is 21.3 Å². The van der Waals surface area contributed by atoms with E-state index in [1.165, 1.54) is 13.8 Å². The van der Waals surface area contributed by atoms with Gasteiger partial charge in [0, 0.05) is 27.7 Å². The van der Waals surface area contributed by atoms with Crippen LogP contribution in [-0.2, 0) is 119 Å². The number of carbonyl (C=O) groups excluding carboxylic acids is 4. The fourth-order valence-corrected chi connectivity index (χ4v) is 17.3. The highest BCUT2D eigenvalue weighted by Gasteiger charge is 2.63. The topological polar surface area (TPSA) is 897 Å². The quantitative estimate of drug-likeness (QED) is 0.0290. The minimum atomic E-state index is -2.67. The van der Waals surface area contributed by atoms with Crippen LogP contribution < -0.4 is 21.3 Å². The molecule has 11 saturated heterocycles. The molecule has 11 fully saturated rings. The third-order valence-electron chi connectivity index (χ3n) is 24.5. The molecule has 0 spiro atoms. The van der Waals surface area contributed by atoms with Gasteiger partial charge in [-0.25, -0.2) is 0 Å². The summed E-state index contributed by atoms with van der Waals surface area (Å²) in [7, 11) is 0. The van der Waals surface area contributed by atoms with Gasteiger partial charge in [0.05, 0.1) is 71.7 Å². The molecule has 0 saturated carbocycles. The molecule has 11 aliphatic rings. The van der Waals surface area contributed by atoms with Crippen LogP contribution in [0, 0.1) is 0 Å². The minimum Gasteiger partial charge on any atom is -0.394 e. The summed E-state index contributed by atoms with van der Waals surface area (Å²) in [6.07, 6.45) is -108. The minimum absolute atomic E-state index is 0.814. The molecule has 55 atom stereocenters. The highest BCUT2D eigenvalue weighted by molar-refractivity contribution is 5.74. The van der Waals surface area contributed by atoms with Crippen molar-refractivity contribution in [1.82, 2.24) is 21.3 Å². The molecule has 11 aliphatic heterocycles. The molecule has 33 N–H and O–H groups in total. The number of nitrogens with one attached hydrogen (secondary N) is 4. The van der Waals surface area contributed by atoms with Crippen LogP contribution in [0.1, 0.15) is 41.5 Å². The Morgan fingerprint density at radius 1 is 0.212 bits per heavy atom. The van der Waals surface area contributed by atoms with Crippen LogP contribution in [0.25, 0.3) is 0 Å². The molecular formula is C74H124N4O54. The maximum absolute atomic E-state index is 13.4. The van der Waals surface area contributed by atoms with Crippen molar-refractivity contribution in [2.45, 2.75) is 379 Å². The number of amides is 4. The van der Waals surface area contributed by atoms with Gasteiger partial charge in [-0.15, -0.1) is 0 Å². The fourth-order valence-electron chi connectivity index (χ4n) is 17.3. The standard InChI is InChI=1S/C74H124N4O54/c1-16-35(91)46(102)52(108)68(113-16)131-62-50(106)39(95)23(8-80)119-72(62)126-57-33(77-20(5)89)66(116-26(11-83)41(57)97)129-60-48(104)37(93)22(7-79)118-71(60)112-15-30-43(99)59(54(110)70(123-30)125-56-29(14-86)122-65(32(45(56)101)76-19(4)88)124-55-28(13-85)115-64(111)31(44(55)100)75-18(3)87)128-74-61(49(105)38(94)25(10-82)121-74)130-67-34(78-21(6)90)58(42(98)27(12-84)117-67)127-73-63(51(107)40(96)24(9-81)120-73)132-69-53(109)47(103)36(92)17(2)114-69/h16-17,22-74,79-86,91-111H,7-15H2,1-6H3,(H,75,87)(H,76,88)(H,77,89)(H,78,90). The number of ether oxygens (including phenoxy) is 21. The van der Waals surface area contributed by atoms with E-state index in [1.807, 2.05) is 0 Å². The lowest BCUT2D eigenvalue weighted by molar-refractivity contribution is -0.401. The van der Waals surface area contributed by atoms with Gasteiger partial charge >= 0.3 is 0 Å². The van der Waals surface area contributed by atoms with Crippen LogP contribution in [0.5, 0.6) is 0 Å². The Morgan fingerprint density at radius 2 is 0.462 bits per heavy atom. The Bertz CT molecular complexity index is 3610. The third-order valence-corrected chi connectivity index (χ3v) is 24.5. The second-order valence-corrected chi connectivity index (χ2v) is 33.7. The summed E-state index contributed by atoms with van der Waals surface area (Å²) >= 11 is 0. The molecule has 132 heavy (non-hydrogen) atoms. The Hall–Kier alpha value is -4.12. The molecule has 55 unspecified atom stereocenters. The molecule has 0 aromatic heterocycles. The number of hydrogen-bond acceptors (Lipinski definition) is 54. The molecule has 11 rings (SSSR count). The van der Waals surface area contributed by atoms with Crippen molar-refractivity contribution in [3.8, 4) is 0 Å². The van der Waals surface area contributed by atoms with Crippen molar-refractivity contribution >= 4 is 23.6 Å². The molecule has 4 amide bonds. The average Bonchev–Trinajstić information content (AvgIpc) is 0.756. The third kappa shape index (κ3) is 23.5. The summed E-state index contributed by atoms with van der Waals surface area (Å²) in [5, 5.41) is 337. The van der Waals surface area contributed by atoms with E-state index in [0.29, 0.717) is 0 Å². The average molecular weight is 1930 g/mol. The molecule has 764 valence electrons. The molecule has 0 bridgehead atoms. The number of carbonyl (C=O) groups is 4. The zero-order valence-electron chi connectivity index (χ0n) is 71.3. The number of aliphatic hydroxyl groups excluding tert-OH is 29.